The number of carbonyl (C=O) groups excluding carboxylic acids is 3. The number of nitrogens with one attached hydrogen (secondary N) is 3. The maximum absolute atomic E-state index is 13.4. The van der Waals surface area contributed by atoms with Gasteiger partial charge in [-0.2, -0.15) is 0 Å². The lowest BCUT2D eigenvalue weighted by molar-refractivity contribution is 0.0846. The van der Waals surface area contributed by atoms with Crippen LogP contribution in [0.1, 0.15) is 146 Å². The summed E-state index contributed by atoms with van der Waals surface area (Å²) in [5, 5.41) is 1.42. The van der Waals surface area contributed by atoms with Crippen LogP contribution in [0.3, 0.4) is 0 Å². The molecular weight excluding hydrogens is 774 g/mol. The zero-order valence-corrected chi connectivity index (χ0v) is 34.7. The molecule has 3 amide bonds. The van der Waals surface area contributed by atoms with Crippen LogP contribution < -0.4 is 22.1 Å². The first-order valence-electron chi connectivity index (χ1n) is 19.3. The summed E-state index contributed by atoms with van der Waals surface area (Å²) < 4.78 is 0. The first-order chi connectivity index (χ1) is 26.6. The summed E-state index contributed by atoms with van der Waals surface area (Å²) in [6.07, 6.45) is 17.2. The van der Waals surface area contributed by atoms with Crippen molar-refractivity contribution in [2.24, 2.45) is 5.84 Å². The highest BCUT2D eigenvalue weighted by Crippen LogP contribution is 2.54. The monoisotopic (exact) mass is 824 g/mol. The number of hydrogen-bond donors (Lipinski definition) is 4. The molecule has 0 atom stereocenters. The number of benzene rings is 4. The van der Waals surface area contributed by atoms with Crippen molar-refractivity contribution in [2.45, 2.75) is 109 Å². The van der Waals surface area contributed by atoms with Gasteiger partial charge in [-0.05, 0) is 83.6 Å². The molecule has 55 heavy (non-hydrogen) atoms. The molecule has 4 aromatic rings. The molecule has 0 spiro atoms. The fourth-order valence-electron chi connectivity index (χ4n) is 7.35. The predicted molar refractivity (Wildman–Crippen MR) is 228 cm³/mol. The van der Waals surface area contributed by atoms with Gasteiger partial charge in [0.15, 0.2) is 0 Å². The summed E-state index contributed by atoms with van der Waals surface area (Å²) in [5.41, 5.74) is 13.1. The first-order valence-corrected chi connectivity index (χ1v) is 20.8. The van der Waals surface area contributed by atoms with E-state index in [0.717, 1.165) is 12.8 Å². The van der Waals surface area contributed by atoms with Crippen molar-refractivity contribution < 1.29 is 14.4 Å². The molecule has 0 aliphatic heterocycles. The molecule has 0 radical (unpaired) electrons. The van der Waals surface area contributed by atoms with E-state index in [-0.39, 0.29) is 27.5 Å². The van der Waals surface area contributed by atoms with Crippen LogP contribution in [-0.4, -0.2) is 17.7 Å². The molecule has 294 valence electrons. The van der Waals surface area contributed by atoms with Crippen molar-refractivity contribution in [3.05, 3.63) is 127 Å². The SMILES string of the molecule is CCCCCCCCC1(CCCCCCCC)c2ccccc2-c2ccc(C(=O)NNC(=O)c3cc(Cl)ccc3Cl)cc21.NNC(=O)c1cc(Cl)ccc1Cl. The Kier molecular flexibility index (Phi) is 17.8. The van der Waals surface area contributed by atoms with E-state index in [0.29, 0.717) is 20.6 Å². The number of rotatable bonds is 17. The van der Waals surface area contributed by atoms with Gasteiger partial charge in [-0.3, -0.25) is 30.7 Å². The van der Waals surface area contributed by atoms with Crippen molar-refractivity contribution >= 4 is 64.1 Å². The third kappa shape index (κ3) is 12.0. The van der Waals surface area contributed by atoms with Gasteiger partial charge in [-0.25, -0.2) is 5.84 Å². The molecule has 11 heteroatoms. The summed E-state index contributed by atoms with van der Waals surface area (Å²) in [7, 11) is 0. The maximum atomic E-state index is 13.4. The molecule has 4 aromatic carbocycles. The van der Waals surface area contributed by atoms with Crippen molar-refractivity contribution in [3.8, 4) is 11.1 Å². The number of hydrazine groups is 2. The molecule has 5 rings (SSSR count). The summed E-state index contributed by atoms with van der Waals surface area (Å²) in [4.78, 5) is 37.1. The molecular formula is C44H52Cl4N4O3. The van der Waals surface area contributed by atoms with Crippen LogP contribution in [0.4, 0.5) is 0 Å². The average Bonchev–Trinajstić information content (AvgIpc) is 3.47. The average molecular weight is 827 g/mol. The lowest BCUT2D eigenvalue weighted by Gasteiger charge is -2.33. The summed E-state index contributed by atoms with van der Waals surface area (Å²) in [5.74, 6) is 3.58. The Bertz CT molecular complexity index is 1900. The molecule has 5 N–H and O–H groups in total. The van der Waals surface area contributed by atoms with Gasteiger partial charge in [0.1, 0.15) is 0 Å². The van der Waals surface area contributed by atoms with Crippen LogP contribution in [0.25, 0.3) is 11.1 Å². The van der Waals surface area contributed by atoms with E-state index in [1.165, 1.54) is 118 Å². The minimum Gasteiger partial charge on any atom is -0.290 e. The topological polar surface area (TPSA) is 113 Å². The molecule has 0 heterocycles. The second kappa shape index (κ2) is 22.2. The van der Waals surface area contributed by atoms with Gasteiger partial charge in [0.05, 0.1) is 21.2 Å². The number of nitrogens with two attached hydrogens (primary N) is 1. The Labute approximate surface area is 346 Å². The highest BCUT2D eigenvalue weighted by Gasteiger charge is 2.42. The second-order valence-electron chi connectivity index (χ2n) is 14.1. The van der Waals surface area contributed by atoms with Crippen molar-refractivity contribution in [1.29, 1.82) is 0 Å². The molecule has 0 saturated carbocycles. The minimum absolute atomic E-state index is 0.116. The van der Waals surface area contributed by atoms with Crippen molar-refractivity contribution in [2.75, 3.05) is 0 Å². The van der Waals surface area contributed by atoms with Gasteiger partial charge >= 0.3 is 0 Å². The third-order valence-electron chi connectivity index (χ3n) is 10.2. The predicted octanol–water partition coefficient (Wildman–Crippen LogP) is 12.4. The number of nitrogen functional groups attached to an aromatic ring is 1. The number of hydrogen-bond acceptors (Lipinski definition) is 4. The summed E-state index contributed by atoms with van der Waals surface area (Å²) >= 11 is 23.6. The number of unbranched alkanes of at least 4 members (excludes halogenated alkanes) is 10. The van der Waals surface area contributed by atoms with E-state index in [4.69, 9.17) is 52.2 Å². The van der Waals surface area contributed by atoms with Gasteiger partial charge in [0, 0.05) is 21.0 Å². The van der Waals surface area contributed by atoms with E-state index in [1.54, 1.807) is 18.2 Å². The first kappa shape index (κ1) is 44.1. The number of fused-ring (bicyclic) bond motifs is 3. The Morgan fingerprint density at radius 2 is 1.04 bits per heavy atom. The van der Waals surface area contributed by atoms with Crippen molar-refractivity contribution in [1.82, 2.24) is 16.3 Å². The van der Waals surface area contributed by atoms with Crippen LogP contribution in [0.15, 0.2) is 78.9 Å². The van der Waals surface area contributed by atoms with Gasteiger partial charge in [0.2, 0.25) is 0 Å². The maximum Gasteiger partial charge on any atom is 0.271 e. The van der Waals surface area contributed by atoms with Gasteiger partial charge in [-0.15, -0.1) is 0 Å². The minimum atomic E-state index is -0.519. The summed E-state index contributed by atoms with van der Waals surface area (Å²) in [6, 6.07) is 24.1. The van der Waals surface area contributed by atoms with Crippen molar-refractivity contribution in [3.63, 3.8) is 0 Å². The molecule has 0 bridgehead atoms. The van der Waals surface area contributed by atoms with Gasteiger partial charge < -0.3 is 0 Å². The Hall–Kier alpha value is -3.59. The largest absolute Gasteiger partial charge is 0.290 e. The molecule has 0 aromatic heterocycles. The van der Waals surface area contributed by atoms with Crippen LogP contribution >= 0.6 is 46.4 Å². The van der Waals surface area contributed by atoms with E-state index >= 15 is 0 Å². The lowest BCUT2D eigenvalue weighted by atomic mass is 9.70. The zero-order valence-electron chi connectivity index (χ0n) is 31.7. The molecule has 1 aliphatic rings. The standard InChI is InChI=1S/C37H46Cl2N2O2.C7H6Cl2N2O/c1-3-5-7-9-11-15-23-37(24-16-12-10-8-6-4-2)32-18-14-13-17-29(32)30-21-19-27(25-33(30)37)35(42)40-41-36(43)31-26-28(38)20-22-34(31)39;8-4-1-2-6(9)5(3-4)7(12)11-10/h13-14,17-22,25-26H,3-12,15-16,23-24H2,1-2H3,(H,40,42)(H,41,43);1-3H,10H2,(H,11,12). The fraction of sp³-hybridized carbons (Fsp3) is 0.386. The number of halogens is 4. The van der Waals surface area contributed by atoms with Crippen LogP contribution in [-0.2, 0) is 5.41 Å². The van der Waals surface area contributed by atoms with E-state index in [9.17, 15) is 14.4 Å². The second-order valence-corrected chi connectivity index (χ2v) is 15.7. The smallest absolute Gasteiger partial charge is 0.271 e. The lowest BCUT2D eigenvalue weighted by Crippen LogP contribution is -2.41. The molecule has 7 nitrogen and oxygen atoms in total. The summed E-state index contributed by atoms with van der Waals surface area (Å²) in [6.45, 7) is 4.51. The molecule has 0 saturated heterocycles. The highest BCUT2D eigenvalue weighted by molar-refractivity contribution is 6.36. The molecule has 1 aliphatic carbocycles. The molecule has 0 fully saturated rings. The van der Waals surface area contributed by atoms with Crippen LogP contribution in [0.2, 0.25) is 20.1 Å². The van der Waals surface area contributed by atoms with E-state index < -0.39 is 11.8 Å². The Morgan fingerprint density at radius 3 is 1.60 bits per heavy atom. The number of carbonyl (C=O) groups is 3. The fourth-order valence-corrected chi connectivity index (χ4v) is 8.10. The quantitative estimate of drug-likeness (QED) is 0.0367. The third-order valence-corrected chi connectivity index (χ3v) is 11.3. The van der Waals surface area contributed by atoms with E-state index in [2.05, 4.69) is 61.1 Å². The zero-order chi connectivity index (χ0) is 39.8. The molecule has 0 unspecified atom stereocenters. The number of amides is 3. The Morgan fingerprint density at radius 1 is 0.545 bits per heavy atom. The normalized spacial score (nSPS) is 12.2. The van der Waals surface area contributed by atoms with Gasteiger partial charge in [-0.1, -0.05) is 168 Å². The highest BCUT2D eigenvalue weighted by atomic mass is 35.5. The Balaban J connectivity index is 0.000000477. The van der Waals surface area contributed by atoms with Gasteiger partial charge in [0.25, 0.3) is 17.7 Å². The van der Waals surface area contributed by atoms with E-state index in [1.807, 2.05) is 11.5 Å². The van der Waals surface area contributed by atoms with Crippen LogP contribution in [0, 0.1) is 0 Å². The van der Waals surface area contributed by atoms with Crippen LogP contribution in [0.5, 0.6) is 0 Å².